The maximum absolute atomic E-state index is 12.9. The Hall–Kier alpha value is -2.32. The van der Waals surface area contributed by atoms with Gasteiger partial charge in [-0.2, -0.15) is 4.98 Å². The lowest BCUT2D eigenvalue weighted by Crippen LogP contribution is -2.38. The van der Waals surface area contributed by atoms with Gasteiger partial charge >= 0.3 is 0 Å². The van der Waals surface area contributed by atoms with Gasteiger partial charge in [0, 0.05) is 11.6 Å². The number of nitrogens with one attached hydrogen (secondary N) is 1. The Morgan fingerprint density at radius 3 is 2.67 bits per heavy atom. The average molecular weight is 333 g/mol. The molecule has 0 saturated carbocycles. The largest absolute Gasteiger partial charge is 0.338 e. The van der Waals surface area contributed by atoms with Crippen LogP contribution < -0.4 is 11.1 Å². The number of carbonyl (C=O) groups excluding carboxylic acids is 1. The van der Waals surface area contributed by atoms with Crippen LogP contribution in [-0.2, 0) is 17.9 Å². The van der Waals surface area contributed by atoms with Crippen LogP contribution in [0.5, 0.6) is 0 Å². The number of rotatable bonds is 5. The molecule has 1 aromatic carbocycles. The molecule has 2 heterocycles. The van der Waals surface area contributed by atoms with E-state index in [1.54, 1.807) is 12.1 Å². The van der Waals surface area contributed by atoms with Crippen LogP contribution in [0.1, 0.15) is 24.6 Å². The average Bonchev–Trinajstić information content (AvgIpc) is 3.05. The van der Waals surface area contributed by atoms with E-state index >= 15 is 0 Å². The highest BCUT2D eigenvalue weighted by molar-refractivity contribution is 5.92. The summed E-state index contributed by atoms with van der Waals surface area (Å²) in [4.78, 5) is 18.7. The third kappa shape index (κ3) is 4.15. The van der Waals surface area contributed by atoms with Crippen LogP contribution in [0.15, 0.2) is 28.8 Å². The molecule has 0 aliphatic carbocycles. The van der Waals surface area contributed by atoms with Crippen LogP contribution in [0.2, 0.25) is 0 Å². The van der Waals surface area contributed by atoms with Gasteiger partial charge in [-0.25, -0.2) is 4.39 Å². The van der Waals surface area contributed by atoms with Gasteiger partial charge < -0.3 is 15.6 Å². The molecule has 1 aliphatic rings. The van der Waals surface area contributed by atoms with Gasteiger partial charge in [0.15, 0.2) is 5.82 Å². The van der Waals surface area contributed by atoms with Crippen molar-refractivity contribution in [2.24, 2.45) is 11.7 Å². The monoisotopic (exact) mass is 333 g/mol. The summed E-state index contributed by atoms with van der Waals surface area (Å²) < 4.78 is 17.9. The van der Waals surface area contributed by atoms with Crippen molar-refractivity contribution in [1.29, 1.82) is 0 Å². The number of hydrogen-bond acceptors (Lipinski definition) is 6. The quantitative estimate of drug-likeness (QED) is 0.861. The lowest BCUT2D eigenvalue weighted by Gasteiger charge is -2.30. The zero-order valence-electron chi connectivity index (χ0n) is 13.2. The van der Waals surface area contributed by atoms with Gasteiger partial charge in [0.05, 0.1) is 13.1 Å². The minimum atomic E-state index is -0.319. The number of nitrogens with two attached hydrogens (primary N) is 1. The first kappa shape index (κ1) is 16.5. The van der Waals surface area contributed by atoms with Crippen LogP contribution in [-0.4, -0.2) is 34.0 Å². The van der Waals surface area contributed by atoms with Crippen molar-refractivity contribution >= 4 is 11.6 Å². The number of carbonyl (C=O) groups is 1. The van der Waals surface area contributed by atoms with E-state index in [2.05, 4.69) is 20.4 Å². The molecule has 3 N–H and O–H groups in total. The van der Waals surface area contributed by atoms with E-state index in [0.717, 1.165) is 25.9 Å². The van der Waals surface area contributed by atoms with Gasteiger partial charge in [0.1, 0.15) is 5.82 Å². The maximum Gasteiger partial charge on any atom is 0.240 e. The fraction of sp³-hybridized carbons (Fsp3) is 0.438. The molecule has 0 unspecified atom stereocenters. The first-order chi connectivity index (χ1) is 11.6. The third-order valence-electron chi connectivity index (χ3n) is 4.12. The number of anilines is 1. The Bertz CT molecular complexity index is 680. The van der Waals surface area contributed by atoms with E-state index in [1.807, 2.05) is 0 Å². The van der Waals surface area contributed by atoms with E-state index in [-0.39, 0.29) is 24.2 Å². The molecule has 7 nitrogen and oxygen atoms in total. The van der Waals surface area contributed by atoms with E-state index in [4.69, 9.17) is 10.3 Å². The number of piperidine rings is 1. The van der Waals surface area contributed by atoms with Gasteiger partial charge in [-0.15, -0.1) is 0 Å². The summed E-state index contributed by atoms with van der Waals surface area (Å²) in [5, 5.41) is 6.72. The third-order valence-corrected chi connectivity index (χ3v) is 4.12. The summed E-state index contributed by atoms with van der Waals surface area (Å²) in [6.45, 7) is 2.40. The second kappa shape index (κ2) is 7.50. The van der Waals surface area contributed by atoms with Crippen LogP contribution in [0.3, 0.4) is 0 Å². The van der Waals surface area contributed by atoms with E-state index in [1.165, 1.54) is 12.1 Å². The van der Waals surface area contributed by atoms with Crippen molar-refractivity contribution in [2.75, 3.05) is 18.4 Å². The number of halogens is 1. The van der Waals surface area contributed by atoms with Crippen molar-refractivity contribution < 1.29 is 13.7 Å². The minimum Gasteiger partial charge on any atom is -0.338 e. The molecule has 0 atom stereocenters. The zero-order valence-corrected chi connectivity index (χ0v) is 13.2. The van der Waals surface area contributed by atoms with E-state index < -0.39 is 0 Å². The van der Waals surface area contributed by atoms with E-state index in [9.17, 15) is 9.18 Å². The fourth-order valence-electron chi connectivity index (χ4n) is 2.77. The number of nitrogens with zero attached hydrogens (tertiary/aromatic N) is 3. The van der Waals surface area contributed by atoms with Gasteiger partial charge in [0.25, 0.3) is 0 Å². The van der Waals surface area contributed by atoms with Crippen molar-refractivity contribution in [3.05, 3.63) is 41.8 Å². The normalized spacial score (nSPS) is 16.2. The van der Waals surface area contributed by atoms with Gasteiger partial charge in [-0.1, -0.05) is 5.16 Å². The molecule has 1 aliphatic heterocycles. The molecule has 0 spiro atoms. The molecule has 24 heavy (non-hydrogen) atoms. The predicted molar refractivity (Wildman–Crippen MR) is 85.2 cm³/mol. The second-order valence-electron chi connectivity index (χ2n) is 5.86. The molecule has 0 bridgehead atoms. The Morgan fingerprint density at radius 1 is 1.33 bits per heavy atom. The molecule has 1 fully saturated rings. The van der Waals surface area contributed by atoms with Gasteiger partial charge in [0.2, 0.25) is 11.8 Å². The van der Waals surface area contributed by atoms with Crippen LogP contribution in [0, 0.1) is 11.7 Å². The number of benzene rings is 1. The Labute approximate surface area is 139 Å². The highest BCUT2D eigenvalue weighted by atomic mass is 19.1. The highest BCUT2D eigenvalue weighted by Crippen LogP contribution is 2.20. The van der Waals surface area contributed by atoms with Crippen molar-refractivity contribution in [3.63, 3.8) is 0 Å². The number of amides is 1. The number of hydrogen-bond donors (Lipinski definition) is 2. The summed E-state index contributed by atoms with van der Waals surface area (Å²) >= 11 is 0. The topological polar surface area (TPSA) is 97.3 Å². The summed E-state index contributed by atoms with van der Waals surface area (Å²) in [5.74, 6) is 0.659. The molecule has 128 valence electrons. The fourth-order valence-corrected chi connectivity index (χ4v) is 2.77. The van der Waals surface area contributed by atoms with Gasteiger partial charge in [-0.05, 0) is 50.2 Å². The molecule has 0 radical (unpaired) electrons. The lowest BCUT2D eigenvalue weighted by atomic mass is 9.96. The summed E-state index contributed by atoms with van der Waals surface area (Å²) in [6, 6.07) is 5.79. The van der Waals surface area contributed by atoms with Crippen LogP contribution in [0.25, 0.3) is 0 Å². The van der Waals surface area contributed by atoms with Crippen LogP contribution in [0.4, 0.5) is 10.1 Å². The Morgan fingerprint density at radius 2 is 2.04 bits per heavy atom. The Balaban J connectivity index is 1.47. The first-order valence-electron chi connectivity index (χ1n) is 7.94. The first-order valence-corrected chi connectivity index (χ1v) is 7.94. The molecule has 1 saturated heterocycles. The van der Waals surface area contributed by atoms with Crippen molar-refractivity contribution in [3.8, 4) is 0 Å². The van der Waals surface area contributed by atoms with E-state index in [0.29, 0.717) is 23.9 Å². The maximum atomic E-state index is 12.9. The van der Waals surface area contributed by atoms with Crippen LogP contribution >= 0.6 is 0 Å². The lowest BCUT2D eigenvalue weighted by molar-refractivity contribution is -0.121. The number of aromatic nitrogens is 2. The predicted octanol–water partition coefficient (Wildman–Crippen LogP) is 1.52. The van der Waals surface area contributed by atoms with Crippen molar-refractivity contribution in [2.45, 2.75) is 25.9 Å². The SMILES string of the molecule is NCc1nc(CN2CCC(C(=O)Nc3ccc(F)cc3)CC2)no1. The molecule has 1 aromatic heterocycles. The summed E-state index contributed by atoms with van der Waals surface area (Å²) in [5.41, 5.74) is 6.06. The summed E-state index contributed by atoms with van der Waals surface area (Å²) in [7, 11) is 0. The zero-order chi connectivity index (χ0) is 16.9. The second-order valence-corrected chi connectivity index (χ2v) is 5.86. The molecular weight excluding hydrogens is 313 g/mol. The standard InChI is InChI=1S/C16H20FN5O2/c17-12-1-3-13(4-2-12)19-16(23)11-5-7-22(8-6-11)10-14-20-15(9-18)24-21-14/h1-4,11H,5-10,18H2,(H,19,23). The highest BCUT2D eigenvalue weighted by Gasteiger charge is 2.25. The minimum absolute atomic E-state index is 0.0220. The summed E-state index contributed by atoms with van der Waals surface area (Å²) in [6.07, 6.45) is 1.52. The smallest absolute Gasteiger partial charge is 0.240 e. The van der Waals surface area contributed by atoms with Gasteiger partial charge in [-0.3, -0.25) is 9.69 Å². The molecule has 2 aromatic rings. The number of likely N-dealkylation sites (tertiary alicyclic amines) is 1. The molecule has 1 amide bonds. The molecule has 3 rings (SSSR count). The van der Waals surface area contributed by atoms with Crippen molar-refractivity contribution in [1.82, 2.24) is 15.0 Å². The molecular formula is C16H20FN5O2. The molecule has 8 heteroatoms. The Kier molecular flexibility index (Phi) is 5.17.